The summed E-state index contributed by atoms with van der Waals surface area (Å²) in [6.07, 6.45) is 0. The van der Waals surface area contributed by atoms with Crippen molar-refractivity contribution in [3.8, 4) is 22.8 Å². The summed E-state index contributed by atoms with van der Waals surface area (Å²) in [5.41, 5.74) is 3.06. The molecule has 0 saturated carbocycles. The van der Waals surface area contributed by atoms with Crippen molar-refractivity contribution in [3.63, 3.8) is 0 Å². The van der Waals surface area contributed by atoms with Crippen LogP contribution in [-0.4, -0.2) is 21.9 Å². The summed E-state index contributed by atoms with van der Waals surface area (Å²) in [5, 5.41) is 10.5. The molecular weight excluding hydrogens is 390 g/mol. The average Bonchev–Trinajstić information content (AvgIpc) is 3.18. The molecule has 0 aliphatic heterocycles. The van der Waals surface area contributed by atoms with Crippen LogP contribution in [-0.2, 0) is 5.75 Å². The molecule has 28 heavy (non-hydrogen) atoms. The van der Waals surface area contributed by atoms with Gasteiger partial charge in [0.1, 0.15) is 5.75 Å². The first-order valence-corrected chi connectivity index (χ1v) is 10.1. The first-order valence-electron chi connectivity index (χ1n) is 8.78. The number of hydrogen-bond acceptors (Lipinski definition) is 4. The summed E-state index contributed by atoms with van der Waals surface area (Å²) in [6.45, 7) is 0. The molecule has 4 rings (SSSR count). The van der Waals surface area contributed by atoms with Crippen molar-refractivity contribution in [2.75, 3.05) is 7.11 Å². The first kappa shape index (κ1) is 18.6. The van der Waals surface area contributed by atoms with Gasteiger partial charge in [0.2, 0.25) is 0 Å². The zero-order valence-electron chi connectivity index (χ0n) is 15.2. The van der Waals surface area contributed by atoms with Gasteiger partial charge in [-0.25, -0.2) is 0 Å². The van der Waals surface area contributed by atoms with Crippen LogP contribution in [0.5, 0.6) is 5.75 Å². The Labute approximate surface area is 173 Å². The average molecular weight is 408 g/mol. The topological polar surface area (TPSA) is 39.9 Å². The van der Waals surface area contributed by atoms with E-state index in [9.17, 15) is 0 Å². The number of aromatic nitrogens is 3. The highest BCUT2D eigenvalue weighted by Gasteiger charge is 2.16. The van der Waals surface area contributed by atoms with Crippen LogP contribution in [0, 0.1) is 0 Å². The van der Waals surface area contributed by atoms with Crippen molar-refractivity contribution in [1.29, 1.82) is 0 Å². The monoisotopic (exact) mass is 407 g/mol. The van der Waals surface area contributed by atoms with E-state index in [2.05, 4.69) is 26.9 Å². The third-order valence-corrected chi connectivity index (χ3v) is 5.66. The Hall–Kier alpha value is -2.76. The number of hydrogen-bond donors (Lipinski definition) is 0. The van der Waals surface area contributed by atoms with E-state index in [0.717, 1.165) is 38.6 Å². The SMILES string of the molecule is COc1ccc(-c2nnc(SCc3ccccc3Cl)n2-c2ccccc2)cc1. The van der Waals surface area contributed by atoms with Gasteiger partial charge in [-0.3, -0.25) is 4.57 Å². The number of benzene rings is 3. The van der Waals surface area contributed by atoms with Gasteiger partial charge in [0.25, 0.3) is 0 Å². The second-order valence-corrected chi connectivity index (χ2v) is 7.44. The maximum absolute atomic E-state index is 6.31. The zero-order valence-corrected chi connectivity index (χ0v) is 16.8. The second-order valence-electron chi connectivity index (χ2n) is 6.09. The molecule has 0 spiro atoms. The van der Waals surface area contributed by atoms with Crippen LogP contribution >= 0.6 is 23.4 Å². The van der Waals surface area contributed by atoms with Crippen molar-refractivity contribution in [3.05, 3.63) is 89.4 Å². The van der Waals surface area contributed by atoms with Crippen LogP contribution < -0.4 is 4.74 Å². The Kier molecular flexibility index (Phi) is 5.65. The number of rotatable bonds is 6. The van der Waals surface area contributed by atoms with Gasteiger partial charge in [0.15, 0.2) is 11.0 Å². The molecule has 0 unspecified atom stereocenters. The normalized spacial score (nSPS) is 10.8. The molecule has 0 fully saturated rings. The molecule has 0 atom stereocenters. The molecule has 4 aromatic rings. The molecule has 0 radical (unpaired) electrons. The summed E-state index contributed by atoms with van der Waals surface area (Å²) in [4.78, 5) is 0. The maximum Gasteiger partial charge on any atom is 0.196 e. The Morgan fingerprint density at radius 1 is 0.893 bits per heavy atom. The fraction of sp³-hybridized carbons (Fsp3) is 0.0909. The fourth-order valence-corrected chi connectivity index (χ4v) is 4.10. The molecule has 0 saturated heterocycles. The minimum atomic E-state index is 0.716. The standard InChI is InChI=1S/C22H18ClN3OS/c1-27-19-13-11-16(12-14-19)21-24-25-22(26(21)18-8-3-2-4-9-18)28-15-17-7-5-6-10-20(17)23/h2-14H,15H2,1H3. The number of methoxy groups -OCH3 is 1. The molecule has 0 aliphatic carbocycles. The zero-order chi connectivity index (χ0) is 19.3. The van der Waals surface area contributed by atoms with Gasteiger partial charge in [0, 0.05) is 22.0 Å². The number of ether oxygens (including phenoxy) is 1. The summed E-state index contributed by atoms with van der Waals surface area (Å²) < 4.78 is 7.34. The number of thioether (sulfide) groups is 1. The van der Waals surface area contributed by atoms with Crippen molar-refractivity contribution in [2.24, 2.45) is 0 Å². The summed E-state index contributed by atoms with van der Waals surface area (Å²) in [6, 6.07) is 25.8. The molecule has 4 nitrogen and oxygen atoms in total. The summed E-state index contributed by atoms with van der Waals surface area (Å²) in [5.74, 6) is 2.31. The largest absolute Gasteiger partial charge is 0.497 e. The first-order chi connectivity index (χ1) is 13.8. The molecule has 0 bridgehead atoms. The Morgan fingerprint density at radius 3 is 2.32 bits per heavy atom. The Balaban J connectivity index is 1.72. The molecule has 140 valence electrons. The summed E-state index contributed by atoms with van der Waals surface area (Å²) >= 11 is 7.92. The minimum absolute atomic E-state index is 0.716. The third kappa shape index (κ3) is 3.91. The highest BCUT2D eigenvalue weighted by molar-refractivity contribution is 7.98. The van der Waals surface area contributed by atoms with Gasteiger partial charge in [-0.15, -0.1) is 10.2 Å². The van der Waals surface area contributed by atoms with E-state index < -0.39 is 0 Å². The lowest BCUT2D eigenvalue weighted by Crippen LogP contribution is -1.99. The molecule has 6 heteroatoms. The van der Waals surface area contributed by atoms with Crippen molar-refractivity contribution >= 4 is 23.4 Å². The second kappa shape index (κ2) is 8.50. The maximum atomic E-state index is 6.31. The van der Waals surface area contributed by atoms with Gasteiger partial charge >= 0.3 is 0 Å². The predicted octanol–water partition coefficient (Wildman–Crippen LogP) is 5.89. The van der Waals surface area contributed by atoms with Gasteiger partial charge in [0.05, 0.1) is 7.11 Å². The van der Waals surface area contributed by atoms with E-state index >= 15 is 0 Å². The van der Waals surface area contributed by atoms with E-state index in [4.69, 9.17) is 16.3 Å². The van der Waals surface area contributed by atoms with E-state index in [-0.39, 0.29) is 0 Å². The van der Waals surface area contributed by atoms with Crippen LogP contribution in [0.1, 0.15) is 5.56 Å². The van der Waals surface area contributed by atoms with E-state index in [0.29, 0.717) is 5.75 Å². The third-order valence-electron chi connectivity index (χ3n) is 4.31. The van der Waals surface area contributed by atoms with Gasteiger partial charge in [-0.05, 0) is 48.0 Å². The van der Waals surface area contributed by atoms with E-state index in [1.165, 1.54) is 0 Å². The number of halogens is 1. The molecule has 1 aromatic heterocycles. The Bertz CT molecular complexity index is 1060. The quantitative estimate of drug-likeness (QED) is 0.374. The minimum Gasteiger partial charge on any atom is -0.497 e. The van der Waals surface area contributed by atoms with Crippen molar-refractivity contribution < 1.29 is 4.74 Å². The molecule has 0 N–H and O–H groups in total. The highest BCUT2D eigenvalue weighted by Crippen LogP contribution is 2.31. The smallest absolute Gasteiger partial charge is 0.196 e. The van der Waals surface area contributed by atoms with Gasteiger partial charge < -0.3 is 4.74 Å². The highest BCUT2D eigenvalue weighted by atomic mass is 35.5. The molecule has 0 amide bonds. The van der Waals surface area contributed by atoms with E-state index in [1.54, 1.807) is 18.9 Å². The van der Waals surface area contributed by atoms with Crippen LogP contribution in [0.3, 0.4) is 0 Å². The number of para-hydroxylation sites is 1. The van der Waals surface area contributed by atoms with Crippen LogP contribution in [0.25, 0.3) is 17.1 Å². The lowest BCUT2D eigenvalue weighted by atomic mass is 10.2. The van der Waals surface area contributed by atoms with Crippen LogP contribution in [0.4, 0.5) is 0 Å². The van der Waals surface area contributed by atoms with Crippen LogP contribution in [0.15, 0.2) is 84.0 Å². The molecular formula is C22H18ClN3OS. The van der Waals surface area contributed by atoms with Gasteiger partial charge in [-0.2, -0.15) is 0 Å². The van der Waals surface area contributed by atoms with Crippen molar-refractivity contribution in [1.82, 2.24) is 14.8 Å². The van der Waals surface area contributed by atoms with Crippen molar-refractivity contribution in [2.45, 2.75) is 10.9 Å². The van der Waals surface area contributed by atoms with Crippen LogP contribution in [0.2, 0.25) is 5.02 Å². The van der Waals surface area contributed by atoms with E-state index in [1.807, 2.05) is 66.7 Å². The summed E-state index contributed by atoms with van der Waals surface area (Å²) in [7, 11) is 1.66. The molecule has 3 aromatic carbocycles. The predicted molar refractivity (Wildman–Crippen MR) is 114 cm³/mol. The number of nitrogens with zero attached hydrogens (tertiary/aromatic N) is 3. The Morgan fingerprint density at radius 2 is 1.61 bits per heavy atom. The fourth-order valence-electron chi connectivity index (χ4n) is 2.86. The lowest BCUT2D eigenvalue weighted by molar-refractivity contribution is 0.415. The molecule has 1 heterocycles. The lowest BCUT2D eigenvalue weighted by Gasteiger charge is -2.11. The molecule has 0 aliphatic rings. The van der Waals surface area contributed by atoms with Gasteiger partial charge in [-0.1, -0.05) is 59.8 Å².